The molecule has 3 aromatic rings. The summed E-state index contributed by atoms with van der Waals surface area (Å²) in [5.74, 6) is -3.95. The third-order valence-electron chi connectivity index (χ3n) is 4.05. The fraction of sp³-hybridized carbons (Fsp3) is 0.158. The summed E-state index contributed by atoms with van der Waals surface area (Å²) in [5.41, 5.74) is -1.86. The van der Waals surface area contributed by atoms with Gasteiger partial charge in [-0.25, -0.2) is 22.5 Å². The van der Waals surface area contributed by atoms with Crippen LogP contribution >= 0.6 is 0 Å². The molecule has 0 fully saturated rings. The lowest BCUT2D eigenvalue weighted by molar-refractivity contribution is -0.114. The molecule has 30 heavy (non-hydrogen) atoms. The Balaban J connectivity index is 2.16. The standard InChI is InChI=1S/C19H15F3N4O4/c1-10(27)23-16-8-12(4-6-14(16)21)26-19(29)25(18(28)17(24-26)30-2)9-11-3-5-13(20)15(22)7-11/h3-8H,9H2,1-2H3,(H,23,27). The van der Waals surface area contributed by atoms with Crippen LogP contribution in [0.2, 0.25) is 0 Å². The second-order valence-electron chi connectivity index (χ2n) is 6.19. The largest absolute Gasteiger partial charge is 0.476 e. The van der Waals surface area contributed by atoms with E-state index in [-0.39, 0.29) is 16.9 Å². The van der Waals surface area contributed by atoms with E-state index in [2.05, 4.69) is 10.4 Å². The van der Waals surface area contributed by atoms with E-state index in [1.165, 1.54) is 19.1 Å². The van der Waals surface area contributed by atoms with E-state index in [9.17, 15) is 27.6 Å². The molecule has 156 valence electrons. The minimum atomic E-state index is -1.14. The Morgan fingerprint density at radius 2 is 1.77 bits per heavy atom. The smallest absolute Gasteiger partial charge is 0.352 e. The zero-order valence-corrected chi connectivity index (χ0v) is 15.8. The summed E-state index contributed by atoms with van der Waals surface area (Å²) in [6, 6.07) is 6.30. The molecule has 0 bridgehead atoms. The molecule has 1 aromatic heterocycles. The monoisotopic (exact) mass is 420 g/mol. The summed E-state index contributed by atoms with van der Waals surface area (Å²) in [5, 5.41) is 6.10. The number of benzene rings is 2. The van der Waals surface area contributed by atoms with E-state index in [1.54, 1.807) is 0 Å². The van der Waals surface area contributed by atoms with E-state index in [0.717, 1.165) is 36.1 Å². The van der Waals surface area contributed by atoms with Crippen LogP contribution in [-0.4, -0.2) is 27.4 Å². The van der Waals surface area contributed by atoms with Crippen LogP contribution in [0.1, 0.15) is 12.5 Å². The molecule has 0 aliphatic heterocycles. The maximum absolute atomic E-state index is 13.9. The van der Waals surface area contributed by atoms with Crippen LogP contribution in [0.15, 0.2) is 46.0 Å². The van der Waals surface area contributed by atoms with Gasteiger partial charge in [0.15, 0.2) is 11.6 Å². The molecule has 1 amide bonds. The van der Waals surface area contributed by atoms with Gasteiger partial charge in [0.2, 0.25) is 5.91 Å². The van der Waals surface area contributed by atoms with Crippen molar-refractivity contribution in [3.63, 3.8) is 0 Å². The van der Waals surface area contributed by atoms with Gasteiger partial charge in [0.25, 0.3) is 5.88 Å². The van der Waals surface area contributed by atoms with Crippen LogP contribution in [-0.2, 0) is 11.3 Å². The number of hydrogen-bond acceptors (Lipinski definition) is 5. The lowest BCUT2D eigenvalue weighted by Gasteiger charge is -2.13. The van der Waals surface area contributed by atoms with Gasteiger partial charge in [-0.3, -0.25) is 9.59 Å². The molecule has 0 spiro atoms. The summed E-state index contributed by atoms with van der Waals surface area (Å²) in [6.45, 7) is 0.787. The van der Waals surface area contributed by atoms with Crippen molar-refractivity contribution >= 4 is 11.6 Å². The van der Waals surface area contributed by atoms with Crippen molar-refractivity contribution in [2.45, 2.75) is 13.5 Å². The van der Waals surface area contributed by atoms with Gasteiger partial charge in [-0.05, 0) is 35.9 Å². The first kappa shape index (κ1) is 20.8. The predicted octanol–water partition coefficient (Wildman–Crippen LogP) is 1.83. The molecule has 0 aliphatic carbocycles. The summed E-state index contributed by atoms with van der Waals surface area (Å²) >= 11 is 0. The van der Waals surface area contributed by atoms with Crippen LogP contribution in [0.4, 0.5) is 18.9 Å². The maximum Gasteiger partial charge on any atom is 0.352 e. The molecular weight excluding hydrogens is 405 g/mol. The number of rotatable bonds is 5. The van der Waals surface area contributed by atoms with Crippen molar-refractivity contribution in [1.29, 1.82) is 0 Å². The first-order valence-electron chi connectivity index (χ1n) is 8.51. The van der Waals surface area contributed by atoms with Gasteiger partial charge in [0, 0.05) is 6.92 Å². The molecule has 11 heteroatoms. The molecule has 0 radical (unpaired) electrons. The molecule has 1 heterocycles. The number of carbonyl (C=O) groups excluding carboxylic acids is 1. The summed E-state index contributed by atoms with van der Waals surface area (Å²) in [7, 11) is 1.16. The molecule has 0 atom stereocenters. The quantitative estimate of drug-likeness (QED) is 0.680. The minimum absolute atomic E-state index is 0.0301. The highest BCUT2D eigenvalue weighted by Crippen LogP contribution is 2.18. The zero-order chi connectivity index (χ0) is 22.0. The number of aromatic nitrogens is 3. The van der Waals surface area contributed by atoms with Gasteiger partial charge in [-0.15, -0.1) is 5.10 Å². The third-order valence-corrected chi connectivity index (χ3v) is 4.05. The molecule has 8 nitrogen and oxygen atoms in total. The molecule has 2 aromatic carbocycles. The molecule has 3 rings (SSSR count). The molecule has 0 aliphatic rings. The molecular formula is C19H15F3N4O4. The Kier molecular flexibility index (Phi) is 5.72. The van der Waals surface area contributed by atoms with E-state index in [4.69, 9.17) is 4.74 Å². The normalized spacial score (nSPS) is 10.7. The minimum Gasteiger partial charge on any atom is -0.476 e. The Labute approximate surface area is 167 Å². The van der Waals surface area contributed by atoms with Gasteiger partial charge in [0.1, 0.15) is 5.82 Å². The van der Waals surface area contributed by atoms with Crippen LogP contribution in [0, 0.1) is 17.5 Å². The summed E-state index contributed by atoms with van der Waals surface area (Å²) in [4.78, 5) is 36.6. The van der Waals surface area contributed by atoms with Gasteiger partial charge in [-0.2, -0.15) is 4.68 Å². The Morgan fingerprint density at radius 1 is 1.07 bits per heavy atom. The fourth-order valence-electron chi connectivity index (χ4n) is 2.68. The molecule has 0 saturated heterocycles. The van der Waals surface area contributed by atoms with Crippen molar-refractivity contribution in [2.75, 3.05) is 12.4 Å². The Hall–Kier alpha value is -3.89. The van der Waals surface area contributed by atoms with Crippen molar-refractivity contribution in [3.8, 4) is 11.6 Å². The van der Waals surface area contributed by atoms with E-state index >= 15 is 0 Å². The number of methoxy groups -OCH3 is 1. The highest BCUT2D eigenvalue weighted by molar-refractivity contribution is 5.89. The fourth-order valence-corrected chi connectivity index (χ4v) is 2.68. The third kappa shape index (κ3) is 4.09. The number of amides is 1. The summed E-state index contributed by atoms with van der Waals surface area (Å²) < 4.78 is 47.0. The second kappa shape index (κ2) is 8.23. The lowest BCUT2D eigenvalue weighted by Crippen LogP contribution is -2.41. The first-order valence-corrected chi connectivity index (χ1v) is 8.51. The second-order valence-corrected chi connectivity index (χ2v) is 6.19. The average molecular weight is 420 g/mol. The van der Waals surface area contributed by atoms with Gasteiger partial charge in [0.05, 0.1) is 25.0 Å². The SMILES string of the molecule is COc1nn(-c2ccc(F)c(NC(C)=O)c2)c(=O)n(Cc2ccc(F)c(F)c2)c1=O. The number of hydrogen-bond donors (Lipinski definition) is 1. The number of ether oxygens (including phenoxy) is 1. The van der Waals surface area contributed by atoms with E-state index in [0.29, 0.717) is 4.57 Å². The topological polar surface area (TPSA) is 95.2 Å². The van der Waals surface area contributed by atoms with Crippen molar-refractivity contribution in [3.05, 3.63) is 80.3 Å². The number of nitrogens with one attached hydrogen (secondary N) is 1. The zero-order valence-electron chi connectivity index (χ0n) is 15.8. The Morgan fingerprint density at radius 3 is 2.40 bits per heavy atom. The van der Waals surface area contributed by atoms with Crippen molar-refractivity contribution < 1.29 is 22.7 Å². The summed E-state index contributed by atoms with van der Waals surface area (Å²) in [6.07, 6.45) is 0. The molecule has 1 N–H and O–H groups in total. The van der Waals surface area contributed by atoms with Gasteiger partial charge >= 0.3 is 11.2 Å². The van der Waals surface area contributed by atoms with Crippen LogP contribution in [0.3, 0.4) is 0 Å². The number of anilines is 1. The molecule has 0 unspecified atom stereocenters. The highest BCUT2D eigenvalue weighted by atomic mass is 19.2. The first-order chi connectivity index (χ1) is 14.2. The highest BCUT2D eigenvalue weighted by Gasteiger charge is 2.17. The number of halogens is 3. The van der Waals surface area contributed by atoms with Gasteiger partial charge < -0.3 is 10.1 Å². The van der Waals surface area contributed by atoms with Crippen LogP contribution < -0.4 is 21.3 Å². The van der Waals surface area contributed by atoms with Crippen molar-refractivity contribution in [2.24, 2.45) is 0 Å². The van der Waals surface area contributed by atoms with E-state index in [1.807, 2.05) is 0 Å². The van der Waals surface area contributed by atoms with Crippen LogP contribution in [0.25, 0.3) is 5.69 Å². The number of nitrogens with zero attached hydrogens (tertiary/aromatic N) is 3. The average Bonchev–Trinajstić information content (AvgIpc) is 2.69. The van der Waals surface area contributed by atoms with Crippen LogP contribution in [0.5, 0.6) is 5.88 Å². The van der Waals surface area contributed by atoms with Crippen molar-refractivity contribution in [1.82, 2.24) is 14.3 Å². The Bertz CT molecular complexity index is 1250. The lowest BCUT2D eigenvalue weighted by atomic mass is 10.2. The molecule has 0 saturated carbocycles. The number of carbonyl (C=O) groups is 1. The van der Waals surface area contributed by atoms with Gasteiger partial charge in [-0.1, -0.05) is 6.07 Å². The predicted molar refractivity (Wildman–Crippen MR) is 100 cm³/mol. The maximum atomic E-state index is 13.9. The van der Waals surface area contributed by atoms with E-state index < -0.39 is 47.0 Å².